The Morgan fingerprint density at radius 1 is 1.28 bits per heavy atom. The third-order valence-corrected chi connectivity index (χ3v) is 4.81. The van der Waals surface area contributed by atoms with Crippen LogP contribution in [0.5, 0.6) is 0 Å². The van der Waals surface area contributed by atoms with Gasteiger partial charge in [-0.1, -0.05) is 12.1 Å². The summed E-state index contributed by atoms with van der Waals surface area (Å²) in [7, 11) is 0. The van der Waals surface area contributed by atoms with Crippen molar-refractivity contribution in [1.29, 1.82) is 0 Å². The lowest BCUT2D eigenvalue weighted by Gasteiger charge is -2.42. The zero-order chi connectivity index (χ0) is 21.4. The molecule has 0 aliphatic carbocycles. The zero-order valence-corrected chi connectivity index (χ0v) is 17.0. The Labute approximate surface area is 169 Å². The van der Waals surface area contributed by atoms with Crippen molar-refractivity contribution in [3.8, 4) is 0 Å². The summed E-state index contributed by atoms with van der Waals surface area (Å²) in [5.41, 5.74) is 5.60. The van der Waals surface area contributed by atoms with Crippen LogP contribution in [0.2, 0.25) is 0 Å². The van der Waals surface area contributed by atoms with E-state index < -0.39 is 11.7 Å². The first-order chi connectivity index (χ1) is 13.8. The number of benzene rings is 1. The fourth-order valence-electron chi connectivity index (χ4n) is 3.15. The van der Waals surface area contributed by atoms with E-state index in [1.807, 2.05) is 6.92 Å². The van der Waals surface area contributed by atoms with Gasteiger partial charge >= 0.3 is 12.2 Å². The molecule has 1 fully saturated rings. The first kappa shape index (κ1) is 23.4. The highest BCUT2D eigenvalue weighted by Crippen LogP contribution is 2.31. The molecule has 1 aromatic rings. The Hall–Kier alpha value is -1.84. The molecule has 29 heavy (non-hydrogen) atoms. The van der Waals surface area contributed by atoms with E-state index in [-0.39, 0.29) is 18.2 Å². The number of rotatable bonds is 10. The molecule has 1 saturated heterocycles. The second-order valence-electron chi connectivity index (χ2n) is 7.03. The quantitative estimate of drug-likeness (QED) is 0.594. The smallest absolute Gasteiger partial charge is 0.382 e. The van der Waals surface area contributed by atoms with Gasteiger partial charge in [-0.25, -0.2) is 4.79 Å². The minimum absolute atomic E-state index is 0.0750. The Morgan fingerprint density at radius 3 is 2.48 bits per heavy atom. The molecule has 164 valence electrons. The second kappa shape index (κ2) is 10.8. The standard InChI is InChI=1S/C20H30F3N3O3/c1-3-28-12-4-10-25(11-9-24)19(27)26-13-18(14-26)29-15(2)16-5-7-17(8-6-16)20(21,22)23/h5-8,15,18H,3-4,9-14,24H2,1-2H3. The molecular formula is C20H30F3N3O3. The number of nitrogens with two attached hydrogens (primary N) is 1. The number of urea groups is 1. The van der Waals surface area contributed by atoms with Gasteiger partial charge in [-0.05, 0) is 38.0 Å². The van der Waals surface area contributed by atoms with Crippen molar-refractivity contribution in [3.05, 3.63) is 35.4 Å². The summed E-state index contributed by atoms with van der Waals surface area (Å²) in [5, 5.41) is 0. The summed E-state index contributed by atoms with van der Waals surface area (Å²) in [5.74, 6) is 0. The van der Waals surface area contributed by atoms with Gasteiger partial charge in [0.25, 0.3) is 0 Å². The molecule has 1 aromatic carbocycles. The largest absolute Gasteiger partial charge is 0.416 e. The number of hydrogen-bond acceptors (Lipinski definition) is 4. The molecule has 1 aliphatic heterocycles. The van der Waals surface area contributed by atoms with Crippen molar-refractivity contribution in [1.82, 2.24) is 9.80 Å². The number of likely N-dealkylation sites (tertiary alicyclic amines) is 1. The third-order valence-electron chi connectivity index (χ3n) is 4.81. The molecule has 1 heterocycles. The summed E-state index contributed by atoms with van der Waals surface area (Å²) in [6, 6.07) is 4.89. The van der Waals surface area contributed by atoms with Crippen LogP contribution in [-0.4, -0.2) is 67.9 Å². The first-order valence-electron chi connectivity index (χ1n) is 9.90. The maximum absolute atomic E-state index is 12.7. The summed E-state index contributed by atoms with van der Waals surface area (Å²) in [4.78, 5) is 16.0. The molecule has 0 saturated carbocycles. The van der Waals surface area contributed by atoms with E-state index in [1.54, 1.807) is 16.7 Å². The molecule has 1 atom stereocenters. The van der Waals surface area contributed by atoms with E-state index >= 15 is 0 Å². The molecule has 0 aromatic heterocycles. The van der Waals surface area contributed by atoms with E-state index in [2.05, 4.69) is 0 Å². The van der Waals surface area contributed by atoms with Gasteiger partial charge in [0, 0.05) is 32.8 Å². The number of amides is 2. The highest BCUT2D eigenvalue weighted by atomic mass is 19.4. The van der Waals surface area contributed by atoms with E-state index in [0.29, 0.717) is 51.5 Å². The van der Waals surface area contributed by atoms with Crippen LogP contribution < -0.4 is 5.73 Å². The van der Waals surface area contributed by atoms with Gasteiger partial charge in [0.2, 0.25) is 0 Å². The van der Waals surface area contributed by atoms with Crippen LogP contribution in [0.4, 0.5) is 18.0 Å². The fourth-order valence-corrected chi connectivity index (χ4v) is 3.15. The summed E-state index contributed by atoms with van der Waals surface area (Å²) in [6.07, 6.45) is -4.10. The first-order valence-corrected chi connectivity index (χ1v) is 9.90. The van der Waals surface area contributed by atoms with Crippen molar-refractivity contribution < 1.29 is 27.4 Å². The van der Waals surface area contributed by atoms with Crippen LogP contribution in [0.3, 0.4) is 0 Å². The van der Waals surface area contributed by atoms with Crippen LogP contribution in [0.15, 0.2) is 24.3 Å². The SMILES string of the molecule is CCOCCCN(CCN)C(=O)N1CC(OC(C)c2ccc(C(F)(F)F)cc2)C1. The molecule has 1 aliphatic rings. The summed E-state index contributed by atoms with van der Waals surface area (Å²) in [6.45, 7) is 7.32. The predicted octanol–water partition coefficient (Wildman–Crippen LogP) is 3.27. The maximum atomic E-state index is 12.7. The van der Waals surface area contributed by atoms with E-state index in [0.717, 1.165) is 18.6 Å². The number of alkyl halides is 3. The van der Waals surface area contributed by atoms with Crippen molar-refractivity contribution in [2.75, 3.05) is 45.9 Å². The Balaban J connectivity index is 1.79. The molecule has 2 rings (SSSR count). The summed E-state index contributed by atoms with van der Waals surface area (Å²) < 4.78 is 49.2. The lowest BCUT2D eigenvalue weighted by Crippen LogP contribution is -2.59. The Bertz CT molecular complexity index is 634. The van der Waals surface area contributed by atoms with E-state index in [9.17, 15) is 18.0 Å². The molecular weight excluding hydrogens is 387 g/mol. The van der Waals surface area contributed by atoms with Crippen LogP contribution in [0, 0.1) is 0 Å². The van der Waals surface area contributed by atoms with Crippen molar-refractivity contribution >= 4 is 6.03 Å². The molecule has 6 nitrogen and oxygen atoms in total. The fraction of sp³-hybridized carbons (Fsp3) is 0.650. The minimum Gasteiger partial charge on any atom is -0.382 e. The van der Waals surface area contributed by atoms with Crippen LogP contribution in [0.1, 0.15) is 37.5 Å². The number of nitrogens with zero attached hydrogens (tertiary/aromatic N) is 2. The lowest BCUT2D eigenvalue weighted by molar-refractivity contribution is -0.137. The van der Waals surface area contributed by atoms with Crippen molar-refractivity contribution in [2.24, 2.45) is 5.73 Å². The molecule has 0 spiro atoms. The Kier molecular flexibility index (Phi) is 8.73. The third kappa shape index (κ3) is 6.87. The van der Waals surface area contributed by atoms with Crippen LogP contribution >= 0.6 is 0 Å². The van der Waals surface area contributed by atoms with Gasteiger partial charge in [-0.15, -0.1) is 0 Å². The number of halogens is 3. The van der Waals surface area contributed by atoms with Gasteiger partial charge < -0.3 is 25.0 Å². The minimum atomic E-state index is -4.35. The average Bonchev–Trinajstić information content (AvgIpc) is 2.65. The molecule has 0 bridgehead atoms. The molecule has 0 radical (unpaired) electrons. The predicted molar refractivity (Wildman–Crippen MR) is 103 cm³/mol. The normalized spacial score (nSPS) is 15.9. The second-order valence-corrected chi connectivity index (χ2v) is 7.03. The van der Waals surface area contributed by atoms with Gasteiger partial charge in [0.15, 0.2) is 0 Å². The molecule has 2 N–H and O–H groups in total. The van der Waals surface area contributed by atoms with Gasteiger partial charge in [0.05, 0.1) is 30.9 Å². The van der Waals surface area contributed by atoms with Crippen molar-refractivity contribution in [2.45, 2.75) is 38.7 Å². The number of ether oxygens (including phenoxy) is 2. The van der Waals surface area contributed by atoms with Crippen LogP contribution in [-0.2, 0) is 15.7 Å². The average molecular weight is 417 g/mol. The number of carbonyl (C=O) groups excluding carboxylic acids is 1. The van der Waals surface area contributed by atoms with Gasteiger partial charge in [0.1, 0.15) is 0 Å². The highest BCUT2D eigenvalue weighted by molar-refractivity contribution is 5.75. The summed E-state index contributed by atoms with van der Waals surface area (Å²) >= 11 is 0. The molecule has 2 amide bonds. The highest BCUT2D eigenvalue weighted by Gasteiger charge is 2.35. The van der Waals surface area contributed by atoms with Gasteiger partial charge in [-0.2, -0.15) is 13.2 Å². The zero-order valence-electron chi connectivity index (χ0n) is 17.0. The molecule has 9 heteroatoms. The lowest BCUT2D eigenvalue weighted by atomic mass is 10.1. The van der Waals surface area contributed by atoms with Crippen molar-refractivity contribution in [3.63, 3.8) is 0 Å². The van der Waals surface area contributed by atoms with Gasteiger partial charge in [-0.3, -0.25) is 0 Å². The maximum Gasteiger partial charge on any atom is 0.416 e. The molecule has 1 unspecified atom stereocenters. The van der Waals surface area contributed by atoms with E-state index in [1.165, 1.54) is 12.1 Å². The topological polar surface area (TPSA) is 68.0 Å². The van der Waals surface area contributed by atoms with E-state index in [4.69, 9.17) is 15.2 Å². The number of hydrogen-bond donors (Lipinski definition) is 1. The number of carbonyl (C=O) groups is 1. The van der Waals surface area contributed by atoms with Crippen LogP contribution in [0.25, 0.3) is 0 Å². The Morgan fingerprint density at radius 2 is 1.93 bits per heavy atom. The monoisotopic (exact) mass is 417 g/mol.